The number of carboxylic acid groups (broad SMARTS) is 1. The molecule has 6 aromatic carbocycles. The number of aromatic nitrogens is 9. The smallest absolute Gasteiger partial charge is 0.335 e. The van der Waals surface area contributed by atoms with Crippen molar-refractivity contribution in [3.05, 3.63) is 231 Å². The number of para-hydroxylation sites is 2. The number of aromatic carboxylic acids is 1. The Bertz CT molecular complexity index is 3290. The number of carbonyl (C=O) groups is 1. The number of nitrogens with zero attached hydrogens (tertiary/aromatic N) is 9. The van der Waals surface area contributed by atoms with Crippen LogP contribution in [0.2, 0.25) is 0 Å². The zero-order chi connectivity index (χ0) is 52.4. The molecule has 0 fully saturated rings. The topological polar surface area (TPSA) is 189 Å². The summed E-state index contributed by atoms with van der Waals surface area (Å²) in [6, 6.07) is 48.2. The molecule has 376 valence electrons. The number of rotatable bonds is 16. The molecule has 0 spiro atoms. The maximum atomic E-state index is 11.1. The van der Waals surface area contributed by atoms with Crippen molar-refractivity contribution in [2.24, 2.45) is 0 Å². The lowest BCUT2D eigenvalue weighted by atomic mass is 10.1. The SMILES string of the molecule is CCc1cccc(Cc2nc(C)nc(Nc3c(C)cccc3C)n2)c1.CCc1cccc(Cc2nc(C)nc(Nc3cccc(C(=O)O)c3)n2)c1.CCc1cccc(Cc2nc(C)nc(Nc3ccccc3)n2)c1. The van der Waals surface area contributed by atoms with Gasteiger partial charge in [-0.15, -0.1) is 0 Å². The van der Waals surface area contributed by atoms with E-state index >= 15 is 0 Å². The Morgan fingerprint density at radius 2 is 0.757 bits per heavy atom. The van der Waals surface area contributed by atoms with E-state index in [-0.39, 0.29) is 5.56 Å². The highest BCUT2D eigenvalue weighted by Crippen LogP contribution is 2.23. The Hall–Kier alpha value is -8.78. The fraction of sp³-hybridized carbons (Fsp3) is 0.233. The summed E-state index contributed by atoms with van der Waals surface area (Å²) in [5, 5.41) is 18.8. The summed E-state index contributed by atoms with van der Waals surface area (Å²) in [5.41, 5.74) is 12.7. The van der Waals surface area contributed by atoms with Gasteiger partial charge in [-0.1, -0.05) is 136 Å². The second-order valence-corrected chi connectivity index (χ2v) is 17.8. The second kappa shape index (κ2) is 26.1. The van der Waals surface area contributed by atoms with Gasteiger partial charge in [0.15, 0.2) is 0 Å². The van der Waals surface area contributed by atoms with Crippen LogP contribution in [-0.4, -0.2) is 55.9 Å². The number of hydrogen-bond acceptors (Lipinski definition) is 13. The Morgan fingerprint density at radius 1 is 0.392 bits per heavy atom. The molecule has 3 aromatic heterocycles. The van der Waals surface area contributed by atoms with E-state index in [4.69, 9.17) is 5.11 Å². The van der Waals surface area contributed by atoms with E-state index in [1.165, 1.54) is 45.0 Å². The van der Waals surface area contributed by atoms with E-state index < -0.39 is 5.97 Å². The molecule has 9 aromatic rings. The molecule has 0 aliphatic heterocycles. The molecule has 14 heteroatoms. The van der Waals surface area contributed by atoms with Crippen molar-refractivity contribution < 1.29 is 9.90 Å². The summed E-state index contributed by atoms with van der Waals surface area (Å²) < 4.78 is 0. The summed E-state index contributed by atoms with van der Waals surface area (Å²) in [5.74, 6) is 4.92. The van der Waals surface area contributed by atoms with Gasteiger partial charge in [0.2, 0.25) is 17.8 Å². The van der Waals surface area contributed by atoms with Crippen molar-refractivity contribution in [3.63, 3.8) is 0 Å². The van der Waals surface area contributed by atoms with Gasteiger partial charge in [-0.3, -0.25) is 0 Å². The van der Waals surface area contributed by atoms with Crippen LogP contribution in [0.1, 0.15) is 111 Å². The van der Waals surface area contributed by atoms with E-state index in [1.54, 1.807) is 18.2 Å². The number of aryl methyl sites for hydroxylation is 8. The number of carboxylic acids is 1. The van der Waals surface area contributed by atoms with Gasteiger partial charge < -0.3 is 21.1 Å². The lowest BCUT2D eigenvalue weighted by molar-refractivity contribution is 0.0697. The highest BCUT2D eigenvalue weighted by atomic mass is 16.4. The monoisotopic (exact) mass is 985 g/mol. The Kier molecular flexibility index (Phi) is 18.7. The first-order valence-corrected chi connectivity index (χ1v) is 24.9. The number of nitrogens with one attached hydrogen (secondary N) is 3. The van der Waals surface area contributed by atoms with Gasteiger partial charge in [-0.05, 0) is 129 Å². The van der Waals surface area contributed by atoms with E-state index in [2.05, 4.69) is 180 Å². The molecule has 0 amide bonds. The molecule has 14 nitrogen and oxygen atoms in total. The van der Waals surface area contributed by atoms with Crippen LogP contribution in [-0.2, 0) is 38.5 Å². The Labute approximate surface area is 434 Å². The third-order valence-electron chi connectivity index (χ3n) is 11.8. The van der Waals surface area contributed by atoms with Gasteiger partial charge in [0.05, 0.1) is 5.56 Å². The van der Waals surface area contributed by atoms with Crippen molar-refractivity contribution in [1.29, 1.82) is 0 Å². The number of anilines is 6. The fourth-order valence-corrected chi connectivity index (χ4v) is 8.08. The maximum absolute atomic E-state index is 11.1. The predicted octanol–water partition coefficient (Wildman–Crippen LogP) is 12.5. The van der Waals surface area contributed by atoms with Crippen LogP contribution in [0.3, 0.4) is 0 Å². The van der Waals surface area contributed by atoms with Crippen molar-refractivity contribution in [2.45, 2.75) is 93.9 Å². The van der Waals surface area contributed by atoms with E-state index in [0.717, 1.165) is 59.5 Å². The van der Waals surface area contributed by atoms with Gasteiger partial charge in [0, 0.05) is 36.3 Å². The number of hydrogen-bond donors (Lipinski definition) is 4. The number of benzene rings is 6. The molecule has 0 bridgehead atoms. The zero-order valence-corrected chi connectivity index (χ0v) is 43.5. The van der Waals surface area contributed by atoms with Crippen LogP contribution in [0.5, 0.6) is 0 Å². The Balaban J connectivity index is 0.000000162. The van der Waals surface area contributed by atoms with Crippen LogP contribution >= 0.6 is 0 Å². The summed E-state index contributed by atoms with van der Waals surface area (Å²) >= 11 is 0. The lowest BCUT2D eigenvalue weighted by Gasteiger charge is -2.12. The molecule has 4 N–H and O–H groups in total. The lowest BCUT2D eigenvalue weighted by Crippen LogP contribution is -2.07. The minimum atomic E-state index is -0.975. The fourth-order valence-electron chi connectivity index (χ4n) is 8.08. The molecular formula is C60H64N12O2. The zero-order valence-electron chi connectivity index (χ0n) is 43.5. The molecule has 74 heavy (non-hydrogen) atoms. The van der Waals surface area contributed by atoms with Crippen LogP contribution in [0.15, 0.2) is 146 Å². The molecule has 0 saturated heterocycles. The average Bonchev–Trinajstić information content (AvgIpc) is 3.38. The predicted molar refractivity (Wildman–Crippen MR) is 295 cm³/mol. The molecule has 0 aliphatic carbocycles. The van der Waals surface area contributed by atoms with Crippen molar-refractivity contribution >= 4 is 40.9 Å². The van der Waals surface area contributed by atoms with Gasteiger partial charge in [-0.2, -0.15) is 29.9 Å². The van der Waals surface area contributed by atoms with E-state index in [9.17, 15) is 4.79 Å². The molecule has 9 rings (SSSR count). The van der Waals surface area contributed by atoms with Crippen LogP contribution in [0.25, 0.3) is 0 Å². The van der Waals surface area contributed by atoms with E-state index in [1.807, 2.05) is 57.2 Å². The van der Waals surface area contributed by atoms with Gasteiger partial charge in [0.25, 0.3) is 0 Å². The first-order chi connectivity index (χ1) is 35.8. The summed E-state index contributed by atoms with van der Waals surface area (Å²) in [6.45, 7) is 16.2. The largest absolute Gasteiger partial charge is 0.478 e. The normalized spacial score (nSPS) is 10.6. The summed E-state index contributed by atoms with van der Waals surface area (Å²) in [7, 11) is 0. The van der Waals surface area contributed by atoms with Gasteiger partial charge >= 0.3 is 5.97 Å². The molecule has 0 atom stereocenters. The third-order valence-corrected chi connectivity index (χ3v) is 11.8. The van der Waals surface area contributed by atoms with Gasteiger partial charge in [-0.25, -0.2) is 19.7 Å². The molecule has 0 radical (unpaired) electrons. The van der Waals surface area contributed by atoms with E-state index in [0.29, 0.717) is 54.4 Å². The minimum absolute atomic E-state index is 0.206. The first-order valence-electron chi connectivity index (χ1n) is 24.9. The van der Waals surface area contributed by atoms with Crippen molar-refractivity contribution in [1.82, 2.24) is 44.9 Å². The van der Waals surface area contributed by atoms with Crippen LogP contribution in [0, 0.1) is 34.6 Å². The molecule has 3 heterocycles. The highest BCUT2D eigenvalue weighted by Gasteiger charge is 2.12. The maximum Gasteiger partial charge on any atom is 0.335 e. The molecular weight excluding hydrogens is 921 g/mol. The van der Waals surface area contributed by atoms with Crippen molar-refractivity contribution in [2.75, 3.05) is 16.0 Å². The second-order valence-electron chi connectivity index (χ2n) is 17.8. The van der Waals surface area contributed by atoms with Crippen LogP contribution < -0.4 is 16.0 Å². The average molecular weight is 985 g/mol. The summed E-state index contributed by atoms with van der Waals surface area (Å²) in [6.07, 6.45) is 5.07. The van der Waals surface area contributed by atoms with Crippen LogP contribution in [0.4, 0.5) is 34.9 Å². The highest BCUT2D eigenvalue weighted by molar-refractivity contribution is 5.89. The standard InChI is InChI=1S/C21H24N4.C20H20N4O2.C19H20N4/c1-5-17-10-7-11-18(12-17)13-19-22-16(4)23-21(24-19)25-20-14(2)8-6-9-15(20)3;1-3-14-6-4-7-15(10-14)11-18-21-13(2)22-20(24-18)23-17-9-5-8-16(12-17)19(25)26;1-3-15-8-7-9-16(12-15)13-18-20-14(2)21-19(23-18)22-17-10-5-4-6-11-17/h6-12H,5,13H2,1-4H3,(H,22,23,24,25);4-10,12H,3,11H2,1-2H3,(H,25,26)(H,21,22,23,24);4-12H,3,13H2,1-2H3,(H,20,21,22,23). The summed E-state index contributed by atoms with van der Waals surface area (Å²) in [4.78, 5) is 51.3. The molecule has 0 unspecified atom stereocenters. The third kappa shape index (κ3) is 16.1. The van der Waals surface area contributed by atoms with Gasteiger partial charge in [0.1, 0.15) is 34.9 Å². The molecule has 0 aliphatic rings. The van der Waals surface area contributed by atoms with Crippen molar-refractivity contribution in [3.8, 4) is 0 Å². The quantitative estimate of drug-likeness (QED) is 0.0715. The first kappa shape index (κ1) is 53.0. The Morgan fingerprint density at radius 3 is 1.18 bits per heavy atom. The molecule has 0 saturated carbocycles. The minimum Gasteiger partial charge on any atom is -0.478 e.